The van der Waals surface area contributed by atoms with Gasteiger partial charge in [0, 0.05) is 6.20 Å². The fourth-order valence-electron chi connectivity index (χ4n) is 1.37. The van der Waals surface area contributed by atoms with Gasteiger partial charge in [-0.25, -0.2) is 9.50 Å². The fourth-order valence-corrected chi connectivity index (χ4v) is 1.37. The van der Waals surface area contributed by atoms with E-state index in [2.05, 4.69) is 10.1 Å². The molecule has 0 N–H and O–H groups in total. The molecule has 0 saturated carbocycles. The molecule has 0 aliphatic rings. The minimum Gasteiger partial charge on any atom is -0.463 e. The maximum Gasteiger partial charge on any atom is 0.154 e. The zero-order valence-electron chi connectivity index (χ0n) is 7.29. The number of hydrogen-bond donors (Lipinski definition) is 0. The summed E-state index contributed by atoms with van der Waals surface area (Å²) in [7, 11) is 0. The van der Waals surface area contributed by atoms with E-state index in [9.17, 15) is 0 Å². The number of imidazole rings is 1. The molecular formula is C10H7N3O. The first-order valence-corrected chi connectivity index (χ1v) is 4.28. The Morgan fingerprint density at radius 3 is 3.00 bits per heavy atom. The van der Waals surface area contributed by atoms with Gasteiger partial charge in [-0.3, -0.25) is 0 Å². The number of rotatable bonds is 1. The van der Waals surface area contributed by atoms with Gasteiger partial charge in [0.15, 0.2) is 11.4 Å². The van der Waals surface area contributed by atoms with Gasteiger partial charge in [-0.1, -0.05) is 0 Å². The first-order chi connectivity index (χ1) is 6.93. The summed E-state index contributed by atoms with van der Waals surface area (Å²) in [4.78, 5) is 4.36. The van der Waals surface area contributed by atoms with E-state index in [1.165, 1.54) is 0 Å². The van der Waals surface area contributed by atoms with Crippen LogP contribution in [0, 0.1) is 0 Å². The molecule has 3 aromatic rings. The summed E-state index contributed by atoms with van der Waals surface area (Å²) in [6.45, 7) is 0. The summed E-state index contributed by atoms with van der Waals surface area (Å²) in [5.41, 5.74) is 1.62. The van der Waals surface area contributed by atoms with Crippen molar-refractivity contribution < 1.29 is 4.42 Å². The van der Waals surface area contributed by atoms with Crippen molar-refractivity contribution in [3.8, 4) is 11.5 Å². The van der Waals surface area contributed by atoms with Gasteiger partial charge in [-0.2, -0.15) is 5.10 Å². The molecule has 3 heterocycles. The Bertz CT molecular complexity index is 521. The van der Waals surface area contributed by atoms with Crippen molar-refractivity contribution in [3.05, 3.63) is 42.9 Å². The van der Waals surface area contributed by atoms with Gasteiger partial charge < -0.3 is 4.42 Å². The van der Waals surface area contributed by atoms with Crippen LogP contribution >= 0.6 is 0 Å². The third kappa shape index (κ3) is 1.01. The third-order valence-corrected chi connectivity index (χ3v) is 2.01. The summed E-state index contributed by atoms with van der Waals surface area (Å²) in [5.74, 6) is 0.760. The minimum absolute atomic E-state index is 0.760. The van der Waals surface area contributed by atoms with Gasteiger partial charge in [-0.15, -0.1) is 0 Å². The molecule has 0 fully saturated rings. The van der Waals surface area contributed by atoms with E-state index in [-0.39, 0.29) is 0 Å². The minimum atomic E-state index is 0.760. The van der Waals surface area contributed by atoms with E-state index in [1.807, 2.05) is 30.5 Å². The van der Waals surface area contributed by atoms with E-state index in [0.717, 1.165) is 17.1 Å². The van der Waals surface area contributed by atoms with Crippen molar-refractivity contribution in [2.75, 3.05) is 0 Å². The largest absolute Gasteiger partial charge is 0.463 e. The zero-order valence-corrected chi connectivity index (χ0v) is 7.29. The normalized spacial score (nSPS) is 10.9. The van der Waals surface area contributed by atoms with Gasteiger partial charge in [0.25, 0.3) is 0 Å². The summed E-state index contributed by atoms with van der Waals surface area (Å²) < 4.78 is 6.97. The second-order valence-corrected chi connectivity index (χ2v) is 2.93. The zero-order chi connectivity index (χ0) is 9.38. The molecule has 0 amide bonds. The van der Waals surface area contributed by atoms with Crippen molar-refractivity contribution in [2.45, 2.75) is 0 Å². The second kappa shape index (κ2) is 2.70. The van der Waals surface area contributed by atoms with Crippen LogP contribution in [-0.4, -0.2) is 14.6 Å². The quantitative estimate of drug-likeness (QED) is 0.582. The Labute approximate surface area is 79.8 Å². The molecule has 0 atom stereocenters. The van der Waals surface area contributed by atoms with Crippen LogP contribution in [0.15, 0.2) is 47.3 Å². The topological polar surface area (TPSA) is 43.3 Å². The number of hydrogen-bond acceptors (Lipinski definition) is 3. The Morgan fingerprint density at radius 1 is 1.21 bits per heavy atom. The predicted octanol–water partition coefficient (Wildman–Crippen LogP) is 1.99. The molecule has 0 radical (unpaired) electrons. The molecule has 3 rings (SSSR count). The van der Waals surface area contributed by atoms with Crippen LogP contribution in [0.25, 0.3) is 17.1 Å². The van der Waals surface area contributed by atoms with E-state index in [1.54, 1.807) is 17.0 Å². The lowest BCUT2D eigenvalue weighted by molar-refractivity contribution is 0.580. The molecule has 0 aliphatic heterocycles. The Kier molecular flexibility index (Phi) is 1.41. The van der Waals surface area contributed by atoms with Crippen LogP contribution < -0.4 is 0 Å². The average molecular weight is 185 g/mol. The van der Waals surface area contributed by atoms with Crippen LogP contribution in [0.4, 0.5) is 0 Å². The molecule has 0 aromatic carbocycles. The van der Waals surface area contributed by atoms with Gasteiger partial charge in [0.05, 0.1) is 12.5 Å². The van der Waals surface area contributed by atoms with Crippen molar-refractivity contribution in [1.29, 1.82) is 0 Å². The lowest BCUT2D eigenvalue weighted by Crippen LogP contribution is -1.85. The molecule has 68 valence electrons. The predicted molar refractivity (Wildman–Crippen MR) is 50.7 cm³/mol. The van der Waals surface area contributed by atoms with Crippen LogP contribution in [0.2, 0.25) is 0 Å². The number of nitrogens with zero attached hydrogens (tertiary/aromatic N) is 3. The molecule has 3 aromatic heterocycles. The second-order valence-electron chi connectivity index (χ2n) is 2.93. The molecule has 0 unspecified atom stereocenters. The van der Waals surface area contributed by atoms with E-state index < -0.39 is 0 Å². The number of furan rings is 1. The van der Waals surface area contributed by atoms with Crippen LogP contribution in [0.5, 0.6) is 0 Å². The lowest BCUT2D eigenvalue weighted by Gasteiger charge is -1.85. The number of aromatic nitrogens is 3. The smallest absolute Gasteiger partial charge is 0.154 e. The van der Waals surface area contributed by atoms with E-state index >= 15 is 0 Å². The summed E-state index contributed by atoms with van der Waals surface area (Å²) in [5, 5.41) is 4.12. The average Bonchev–Trinajstić information content (AvgIpc) is 2.86. The molecule has 4 nitrogen and oxygen atoms in total. The van der Waals surface area contributed by atoms with Crippen molar-refractivity contribution >= 4 is 5.65 Å². The molecule has 0 saturated heterocycles. The fraction of sp³-hybridized carbons (Fsp3) is 0. The molecule has 0 bridgehead atoms. The summed E-state index contributed by atoms with van der Waals surface area (Å²) >= 11 is 0. The van der Waals surface area contributed by atoms with Crippen molar-refractivity contribution in [1.82, 2.24) is 14.6 Å². The van der Waals surface area contributed by atoms with Gasteiger partial charge in [-0.05, 0) is 24.3 Å². The SMILES string of the molecule is c1coc(-c2cn3ncccc3n2)c1. The van der Waals surface area contributed by atoms with Crippen LogP contribution in [0.1, 0.15) is 0 Å². The monoisotopic (exact) mass is 185 g/mol. The maximum absolute atomic E-state index is 5.25. The summed E-state index contributed by atoms with van der Waals surface area (Å²) in [6.07, 6.45) is 5.20. The van der Waals surface area contributed by atoms with Crippen LogP contribution in [-0.2, 0) is 0 Å². The molecule has 0 aliphatic carbocycles. The first-order valence-electron chi connectivity index (χ1n) is 4.28. The van der Waals surface area contributed by atoms with Crippen molar-refractivity contribution in [2.24, 2.45) is 0 Å². The Morgan fingerprint density at radius 2 is 2.21 bits per heavy atom. The van der Waals surface area contributed by atoms with E-state index in [4.69, 9.17) is 4.42 Å². The van der Waals surface area contributed by atoms with Gasteiger partial charge >= 0.3 is 0 Å². The maximum atomic E-state index is 5.25. The first kappa shape index (κ1) is 7.32. The highest BCUT2D eigenvalue weighted by Crippen LogP contribution is 2.18. The lowest BCUT2D eigenvalue weighted by atomic mass is 10.4. The van der Waals surface area contributed by atoms with E-state index in [0.29, 0.717) is 0 Å². The standard InChI is InChI=1S/C10H7N3O/c1-4-10-12-8(7-13(10)11-5-1)9-3-2-6-14-9/h1-7H. The highest BCUT2D eigenvalue weighted by atomic mass is 16.3. The highest BCUT2D eigenvalue weighted by Gasteiger charge is 2.05. The Balaban J connectivity index is 2.24. The Hall–Kier alpha value is -2.10. The van der Waals surface area contributed by atoms with Gasteiger partial charge in [0.1, 0.15) is 5.69 Å². The van der Waals surface area contributed by atoms with Gasteiger partial charge in [0.2, 0.25) is 0 Å². The third-order valence-electron chi connectivity index (χ3n) is 2.01. The molecule has 14 heavy (non-hydrogen) atoms. The highest BCUT2D eigenvalue weighted by molar-refractivity contribution is 5.56. The number of fused-ring (bicyclic) bond motifs is 1. The van der Waals surface area contributed by atoms with Crippen molar-refractivity contribution in [3.63, 3.8) is 0 Å². The summed E-state index contributed by atoms with van der Waals surface area (Å²) in [6, 6.07) is 7.47. The molecule has 4 heteroatoms. The molecule has 0 spiro atoms. The molecular weight excluding hydrogens is 178 g/mol. The van der Waals surface area contributed by atoms with Crippen LogP contribution in [0.3, 0.4) is 0 Å².